The Hall–Kier alpha value is -2.18. The molecule has 0 aliphatic heterocycles. The van der Waals surface area contributed by atoms with Gasteiger partial charge in [0.2, 0.25) is 5.91 Å². The maximum atomic E-state index is 12.5. The fraction of sp³-hybridized carbons (Fsp3) is 0.841. The molecule has 0 aliphatic carbocycles. The van der Waals surface area contributed by atoms with E-state index in [9.17, 15) is 19.8 Å². The molecule has 3 N–H and O–H groups in total. The van der Waals surface area contributed by atoms with Gasteiger partial charge in [-0.25, -0.2) is 0 Å². The summed E-state index contributed by atoms with van der Waals surface area (Å²) in [5, 5.41) is 23.2. The summed E-state index contributed by atoms with van der Waals surface area (Å²) in [5.41, 5.74) is 0. The summed E-state index contributed by atoms with van der Waals surface area (Å²) in [6.45, 7) is 4.84. The van der Waals surface area contributed by atoms with Gasteiger partial charge in [0.1, 0.15) is 0 Å². The average Bonchev–Trinajstić information content (AvgIpc) is 3.35. The van der Waals surface area contributed by atoms with Crippen molar-refractivity contribution >= 4 is 11.9 Å². The van der Waals surface area contributed by atoms with Gasteiger partial charge >= 0.3 is 5.97 Å². The summed E-state index contributed by atoms with van der Waals surface area (Å²) in [6.07, 6.45) is 74.3. The van der Waals surface area contributed by atoms with E-state index in [1.165, 1.54) is 231 Å². The zero-order valence-corrected chi connectivity index (χ0v) is 46.0. The molecule has 0 aliphatic rings. The number of esters is 1. The Morgan fingerprint density at radius 3 is 1.17 bits per heavy atom. The molecule has 6 nitrogen and oxygen atoms in total. The molecular weight excluding hydrogens is 851 g/mol. The second kappa shape index (κ2) is 58.4. The fourth-order valence-electron chi connectivity index (χ4n) is 9.14. The number of ether oxygens (including phenoxy) is 1. The molecule has 0 aromatic carbocycles. The Balaban J connectivity index is 3.47. The first-order chi connectivity index (χ1) is 34.0. The zero-order valence-electron chi connectivity index (χ0n) is 46.0. The fourth-order valence-corrected chi connectivity index (χ4v) is 9.14. The van der Waals surface area contributed by atoms with Gasteiger partial charge in [-0.3, -0.25) is 9.59 Å². The van der Waals surface area contributed by atoms with Crippen LogP contribution in [0.25, 0.3) is 0 Å². The summed E-state index contributed by atoms with van der Waals surface area (Å²) < 4.78 is 5.46. The quantitative estimate of drug-likeness (QED) is 0.0321. The van der Waals surface area contributed by atoms with Crippen molar-refractivity contribution in [3.8, 4) is 0 Å². The van der Waals surface area contributed by atoms with Gasteiger partial charge in [0.05, 0.1) is 25.4 Å². The number of carbonyl (C=O) groups excluding carboxylic acids is 2. The van der Waals surface area contributed by atoms with E-state index in [0.717, 1.165) is 57.8 Å². The van der Waals surface area contributed by atoms with Crippen molar-refractivity contribution in [2.24, 2.45) is 0 Å². The summed E-state index contributed by atoms with van der Waals surface area (Å²) in [4.78, 5) is 24.5. The number of hydrogen-bond donors (Lipinski definition) is 3. The predicted octanol–water partition coefficient (Wildman–Crippen LogP) is 19.0. The van der Waals surface area contributed by atoms with Crippen LogP contribution >= 0.6 is 0 Å². The number of carbonyl (C=O) groups is 2. The van der Waals surface area contributed by atoms with Gasteiger partial charge in [0, 0.05) is 12.8 Å². The maximum Gasteiger partial charge on any atom is 0.305 e. The standard InChI is InChI=1S/C63H117NO5/c1-3-5-7-9-11-13-15-17-18-19-25-28-32-35-39-43-47-51-55-61(66)60(59-65)64-62(67)56-52-48-44-40-36-33-29-26-23-21-20-22-24-27-30-34-38-42-46-50-54-58-69-63(68)57-53-49-45-41-37-31-16-14-12-10-8-6-4-2/h8,10,14,16,21,23,51,55,60-61,65-66H,3-7,9,11-13,15,17-20,22,24-50,52-54,56-59H2,1-2H3,(H,64,67)/b10-8-,16-14-,23-21-,55-51+. The molecule has 0 radical (unpaired) electrons. The lowest BCUT2D eigenvalue weighted by molar-refractivity contribution is -0.143. The molecule has 1 amide bonds. The Bertz CT molecular complexity index is 1160. The smallest absolute Gasteiger partial charge is 0.305 e. The molecule has 0 spiro atoms. The monoisotopic (exact) mass is 968 g/mol. The largest absolute Gasteiger partial charge is 0.466 e. The molecule has 0 saturated carbocycles. The Labute approximate surface area is 429 Å². The lowest BCUT2D eigenvalue weighted by atomic mass is 10.0. The van der Waals surface area contributed by atoms with Crippen LogP contribution in [0.4, 0.5) is 0 Å². The zero-order chi connectivity index (χ0) is 50.0. The highest BCUT2D eigenvalue weighted by atomic mass is 16.5. The highest BCUT2D eigenvalue weighted by Gasteiger charge is 2.18. The van der Waals surface area contributed by atoms with E-state index in [1.807, 2.05) is 6.08 Å². The number of hydrogen-bond acceptors (Lipinski definition) is 5. The molecule has 0 heterocycles. The molecule has 404 valence electrons. The van der Waals surface area contributed by atoms with Crippen LogP contribution < -0.4 is 5.32 Å². The average molecular weight is 969 g/mol. The van der Waals surface area contributed by atoms with E-state index < -0.39 is 12.1 Å². The van der Waals surface area contributed by atoms with Crippen LogP contribution in [0.1, 0.15) is 316 Å². The van der Waals surface area contributed by atoms with E-state index in [-0.39, 0.29) is 18.5 Å². The van der Waals surface area contributed by atoms with Crippen LogP contribution in [0, 0.1) is 0 Å². The van der Waals surface area contributed by atoms with Gasteiger partial charge in [-0.05, 0) is 83.5 Å². The van der Waals surface area contributed by atoms with Crippen LogP contribution in [0.15, 0.2) is 48.6 Å². The number of amides is 1. The topological polar surface area (TPSA) is 95.9 Å². The summed E-state index contributed by atoms with van der Waals surface area (Å²) in [6, 6.07) is -0.635. The maximum absolute atomic E-state index is 12.5. The van der Waals surface area contributed by atoms with E-state index in [0.29, 0.717) is 19.4 Å². The molecule has 0 bridgehead atoms. The minimum absolute atomic E-state index is 0.00812. The molecular formula is C63H117NO5. The van der Waals surface area contributed by atoms with Crippen molar-refractivity contribution in [1.29, 1.82) is 0 Å². The van der Waals surface area contributed by atoms with Crippen molar-refractivity contribution in [2.75, 3.05) is 13.2 Å². The number of aliphatic hydroxyl groups is 2. The SMILES string of the molecule is CCC/C=C\C/C=C\CCCCCCCC(=O)OCCCCCCCCCCCC/C=C\CCCCCCCCCC(=O)NC(CO)C(O)/C=C/CCCCCCCCCCCCCCCCCC. The molecule has 2 atom stereocenters. The van der Waals surface area contributed by atoms with Gasteiger partial charge in [0.15, 0.2) is 0 Å². The van der Waals surface area contributed by atoms with Crippen LogP contribution in [-0.4, -0.2) is 47.4 Å². The molecule has 0 aromatic heterocycles. The minimum atomic E-state index is -0.851. The highest BCUT2D eigenvalue weighted by molar-refractivity contribution is 5.76. The van der Waals surface area contributed by atoms with E-state index in [2.05, 4.69) is 55.6 Å². The molecule has 0 fully saturated rings. The van der Waals surface area contributed by atoms with Gasteiger partial charge in [0.25, 0.3) is 0 Å². The minimum Gasteiger partial charge on any atom is -0.466 e. The van der Waals surface area contributed by atoms with E-state index in [1.54, 1.807) is 6.08 Å². The molecule has 0 aromatic rings. The second-order valence-corrected chi connectivity index (χ2v) is 20.7. The number of aliphatic hydroxyl groups excluding tert-OH is 2. The van der Waals surface area contributed by atoms with Crippen LogP contribution in [0.2, 0.25) is 0 Å². The normalized spacial score (nSPS) is 12.9. The lowest BCUT2D eigenvalue weighted by Gasteiger charge is -2.20. The Morgan fingerprint density at radius 2 is 0.754 bits per heavy atom. The van der Waals surface area contributed by atoms with E-state index >= 15 is 0 Å². The molecule has 69 heavy (non-hydrogen) atoms. The van der Waals surface area contributed by atoms with Crippen molar-refractivity contribution in [1.82, 2.24) is 5.32 Å². The highest BCUT2D eigenvalue weighted by Crippen LogP contribution is 2.16. The number of allylic oxidation sites excluding steroid dienone is 7. The number of unbranched alkanes of at least 4 members (excludes halogenated alkanes) is 39. The van der Waals surface area contributed by atoms with Gasteiger partial charge in [-0.1, -0.05) is 268 Å². The molecule has 0 saturated heterocycles. The van der Waals surface area contributed by atoms with Crippen molar-refractivity contribution in [3.63, 3.8) is 0 Å². The Morgan fingerprint density at radius 1 is 0.406 bits per heavy atom. The third-order valence-electron chi connectivity index (χ3n) is 13.8. The first-order valence-corrected chi connectivity index (χ1v) is 30.4. The third-order valence-corrected chi connectivity index (χ3v) is 13.8. The van der Waals surface area contributed by atoms with Gasteiger partial charge < -0.3 is 20.3 Å². The number of rotatable bonds is 56. The van der Waals surface area contributed by atoms with Gasteiger partial charge in [-0.15, -0.1) is 0 Å². The summed E-state index contributed by atoms with van der Waals surface area (Å²) in [7, 11) is 0. The molecule has 2 unspecified atom stereocenters. The predicted molar refractivity (Wildman–Crippen MR) is 301 cm³/mol. The van der Waals surface area contributed by atoms with Crippen LogP contribution in [0.3, 0.4) is 0 Å². The molecule has 0 rings (SSSR count). The summed E-state index contributed by atoms with van der Waals surface area (Å²) in [5.74, 6) is -0.0829. The van der Waals surface area contributed by atoms with Gasteiger partial charge in [-0.2, -0.15) is 0 Å². The van der Waals surface area contributed by atoms with Crippen molar-refractivity contribution in [3.05, 3.63) is 48.6 Å². The Kier molecular flexibility index (Phi) is 56.5. The summed E-state index contributed by atoms with van der Waals surface area (Å²) >= 11 is 0. The third kappa shape index (κ3) is 55.0. The van der Waals surface area contributed by atoms with Crippen molar-refractivity contribution < 1.29 is 24.5 Å². The molecule has 6 heteroatoms. The first-order valence-electron chi connectivity index (χ1n) is 30.4. The van der Waals surface area contributed by atoms with Crippen molar-refractivity contribution in [2.45, 2.75) is 328 Å². The van der Waals surface area contributed by atoms with E-state index in [4.69, 9.17) is 4.74 Å². The number of nitrogens with one attached hydrogen (secondary N) is 1. The van der Waals surface area contributed by atoms with Crippen LogP contribution in [0.5, 0.6) is 0 Å². The first kappa shape index (κ1) is 66.8. The second-order valence-electron chi connectivity index (χ2n) is 20.7. The lowest BCUT2D eigenvalue weighted by Crippen LogP contribution is -2.45. The van der Waals surface area contributed by atoms with Crippen LogP contribution in [-0.2, 0) is 14.3 Å².